The summed E-state index contributed by atoms with van der Waals surface area (Å²) in [5.41, 5.74) is 0.892. The maximum absolute atomic E-state index is 12.4. The Morgan fingerprint density at radius 1 is 1.18 bits per heavy atom. The molecule has 0 aliphatic rings. The summed E-state index contributed by atoms with van der Waals surface area (Å²) in [6, 6.07) is 10.1. The number of benzene rings is 1. The molecule has 2 aromatic heterocycles. The van der Waals surface area contributed by atoms with Gasteiger partial charge in [-0.15, -0.1) is 0 Å². The minimum Gasteiger partial charge on any atom is -0.391 e. The van der Waals surface area contributed by atoms with Crippen molar-refractivity contribution in [3.05, 3.63) is 68.6 Å². The number of rotatable bonds is 3. The van der Waals surface area contributed by atoms with E-state index in [1.807, 2.05) is 0 Å². The number of hydrogen-bond donors (Lipinski definition) is 2. The highest BCUT2D eigenvalue weighted by molar-refractivity contribution is 6.35. The van der Waals surface area contributed by atoms with E-state index in [-0.39, 0.29) is 16.9 Å². The number of anilines is 2. The third-order valence-corrected chi connectivity index (χ3v) is 3.55. The quantitative estimate of drug-likeness (QED) is 0.771. The maximum Gasteiger partial charge on any atom is 0.265 e. The van der Waals surface area contributed by atoms with Gasteiger partial charge in [0, 0.05) is 21.9 Å². The molecule has 0 atom stereocenters. The molecule has 0 fully saturated rings. The molecule has 0 unspecified atom stereocenters. The van der Waals surface area contributed by atoms with Crippen molar-refractivity contribution in [2.45, 2.75) is 6.61 Å². The van der Waals surface area contributed by atoms with Gasteiger partial charge in [-0.25, -0.2) is 4.98 Å². The van der Waals surface area contributed by atoms with Crippen LogP contribution in [-0.4, -0.2) is 14.5 Å². The topological polar surface area (TPSA) is 66.6 Å². The van der Waals surface area contributed by atoms with Crippen LogP contribution in [0.3, 0.4) is 0 Å². The molecule has 112 valence electrons. The predicted molar refractivity (Wildman–Crippen MR) is 87.1 cm³/mol. The molecule has 0 aliphatic carbocycles. The molecule has 3 rings (SSSR count). The van der Waals surface area contributed by atoms with Crippen molar-refractivity contribution in [1.29, 1.82) is 0 Å². The van der Waals surface area contributed by atoms with E-state index in [2.05, 4.69) is 10.3 Å². The number of pyridine rings is 1. The van der Waals surface area contributed by atoms with Crippen LogP contribution < -0.4 is 10.9 Å². The van der Waals surface area contributed by atoms with Gasteiger partial charge in [-0.1, -0.05) is 29.3 Å². The third-order valence-electron chi connectivity index (χ3n) is 3.11. The number of nitrogens with zero attached hydrogens (tertiary/aromatic N) is 2. The van der Waals surface area contributed by atoms with Crippen molar-refractivity contribution >= 4 is 40.4 Å². The standard InChI is InChI=1S/C15H11Cl2N3O2/c16-9-5-10(17)7-11(6-9)18-14-12(8-21)15(22)20-4-2-1-3-13(20)19-14/h1-7,18,21H,8H2. The van der Waals surface area contributed by atoms with E-state index < -0.39 is 6.61 Å². The summed E-state index contributed by atoms with van der Waals surface area (Å²) in [6.45, 7) is -0.430. The number of hydrogen-bond acceptors (Lipinski definition) is 4. The fourth-order valence-corrected chi connectivity index (χ4v) is 2.66. The van der Waals surface area contributed by atoms with Gasteiger partial charge in [-0.05, 0) is 30.3 Å². The molecule has 2 N–H and O–H groups in total. The van der Waals surface area contributed by atoms with Gasteiger partial charge in [0.25, 0.3) is 5.56 Å². The summed E-state index contributed by atoms with van der Waals surface area (Å²) in [5, 5.41) is 13.4. The summed E-state index contributed by atoms with van der Waals surface area (Å²) >= 11 is 11.9. The number of aliphatic hydroxyl groups excluding tert-OH is 1. The molecular weight excluding hydrogens is 325 g/mol. The molecule has 0 amide bonds. The van der Waals surface area contributed by atoms with Crippen molar-refractivity contribution in [2.75, 3.05) is 5.32 Å². The summed E-state index contributed by atoms with van der Waals surface area (Å²) in [4.78, 5) is 16.7. The van der Waals surface area contributed by atoms with Crippen molar-refractivity contribution < 1.29 is 5.11 Å². The Morgan fingerprint density at radius 3 is 2.59 bits per heavy atom. The largest absolute Gasteiger partial charge is 0.391 e. The molecule has 1 aromatic carbocycles. The van der Waals surface area contributed by atoms with Crippen molar-refractivity contribution in [3.63, 3.8) is 0 Å². The van der Waals surface area contributed by atoms with Crippen LogP contribution in [0, 0.1) is 0 Å². The third kappa shape index (κ3) is 2.78. The van der Waals surface area contributed by atoms with E-state index in [9.17, 15) is 9.90 Å². The van der Waals surface area contributed by atoms with Gasteiger partial charge >= 0.3 is 0 Å². The monoisotopic (exact) mass is 335 g/mol. The van der Waals surface area contributed by atoms with Crippen LogP contribution in [0.1, 0.15) is 5.56 Å². The van der Waals surface area contributed by atoms with Gasteiger partial charge in [0.15, 0.2) is 0 Å². The zero-order chi connectivity index (χ0) is 15.7. The van der Waals surface area contributed by atoms with E-state index in [0.717, 1.165) is 0 Å². The fourth-order valence-electron chi connectivity index (χ4n) is 2.13. The van der Waals surface area contributed by atoms with Gasteiger partial charge in [-0.3, -0.25) is 9.20 Å². The lowest BCUT2D eigenvalue weighted by molar-refractivity contribution is 0.280. The number of halogens is 2. The Hall–Kier alpha value is -2.08. The molecule has 22 heavy (non-hydrogen) atoms. The summed E-state index contributed by atoms with van der Waals surface area (Å²) in [5.74, 6) is 0.275. The Bertz CT molecular complexity index is 889. The smallest absolute Gasteiger partial charge is 0.265 e. The average molecular weight is 336 g/mol. The zero-order valence-electron chi connectivity index (χ0n) is 11.3. The molecule has 0 spiro atoms. The molecular formula is C15H11Cl2N3O2. The first kappa shape index (κ1) is 14.8. The highest BCUT2D eigenvalue weighted by atomic mass is 35.5. The average Bonchev–Trinajstić information content (AvgIpc) is 2.46. The van der Waals surface area contributed by atoms with Crippen LogP contribution in [0.5, 0.6) is 0 Å². The lowest BCUT2D eigenvalue weighted by atomic mass is 10.2. The second-order valence-corrected chi connectivity index (χ2v) is 5.49. The van der Waals surface area contributed by atoms with Crippen LogP contribution >= 0.6 is 23.2 Å². The van der Waals surface area contributed by atoms with Gasteiger partial charge in [0.1, 0.15) is 11.5 Å². The van der Waals surface area contributed by atoms with Gasteiger partial charge in [0.05, 0.1) is 12.2 Å². The number of aromatic nitrogens is 2. The molecule has 3 aromatic rings. The minimum absolute atomic E-state index is 0.166. The zero-order valence-corrected chi connectivity index (χ0v) is 12.8. The number of fused-ring (bicyclic) bond motifs is 1. The summed E-state index contributed by atoms with van der Waals surface area (Å²) in [7, 11) is 0. The van der Waals surface area contributed by atoms with Crippen molar-refractivity contribution in [1.82, 2.24) is 9.38 Å². The van der Waals surface area contributed by atoms with Crippen LogP contribution in [0.2, 0.25) is 10.0 Å². The molecule has 0 bridgehead atoms. The molecule has 5 nitrogen and oxygen atoms in total. The molecule has 0 aliphatic heterocycles. The van der Waals surface area contributed by atoms with Gasteiger partial charge < -0.3 is 10.4 Å². The number of nitrogens with one attached hydrogen (secondary N) is 1. The van der Waals surface area contributed by atoms with Crippen LogP contribution in [-0.2, 0) is 6.61 Å². The van der Waals surface area contributed by atoms with Crippen LogP contribution in [0.4, 0.5) is 11.5 Å². The molecule has 0 saturated heterocycles. The lowest BCUT2D eigenvalue weighted by Crippen LogP contribution is -2.21. The van der Waals surface area contributed by atoms with Gasteiger partial charge in [-0.2, -0.15) is 0 Å². The first-order valence-corrected chi connectivity index (χ1v) is 7.18. The molecule has 7 heteroatoms. The highest BCUT2D eigenvalue weighted by Gasteiger charge is 2.12. The second-order valence-electron chi connectivity index (χ2n) is 4.61. The molecule has 2 heterocycles. The van der Waals surface area contributed by atoms with E-state index in [4.69, 9.17) is 23.2 Å². The van der Waals surface area contributed by atoms with E-state index >= 15 is 0 Å². The highest BCUT2D eigenvalue weighted by Crippen LogP contribution is 2.25. The minimum atomic E-state index is -0.430. The van der Waals surface area contributed by atoms with E-state index in [1.165, 1.54) is 4.40 Å². The van der Waals surface area contributed by atoms with Crippen LogP contribution in [0.15, 0.2) is 47.4 Å². The summed E-state index contributed by atoms with van der Waals surface area (Å²) < 4.78 is 1.38. The Balaban J connectivity index is 2.15. The Morgan fingerprint density at radius 2 is 1.91 bits per heavy atom. The maximum atomic E-state index is 12.4. The van der Waals surface area contributed by atoms with Crippen molar-refractivity contribution in [2.24, 2.45) is 0 Å². The normalized spacial score (nSPS) is 10.9. The van der Waals surface area contributed by atoms with E-state index in [0.29, 0.717) is 21.4 Å². The predicted octanol–water partition coefficient (Wildman–Crippen LogP) is 3.24. The van der Waals surface area contributed by atoms with Gasteiger partial charge in [0.2, 0.25) is 0 Å². The van der Waals surface area contributed by atoms with Crippen LogP contribution in [0.25, 0.3) is 5.65 Å². The summed E-state index contributed by atoms with van der Waals surface area (Å²) in [6.07, 6.45) is 1.60. The Kier molecular flexibility index (Phi) is 4.02. The first-order valence-electron chi connectivity index (χ1n) is 6.43. The number of aliphatic hydroxyl groups is 1. The Labute approximate surface area is 135 Å². The lowest BCUT2D eigenvalue weighted by Gasteiger charge is -2.11. The fraction of sp³-hybridized carbons (Fsp3) is 0.0667. The molecule has 0 saturated carbocycles. The molecule has 0 radical (unpaired) electrons. The van der Waals surface area contributed by atoms with Crippen molar-refractivity contribution in [3.8, 4) is 0 Å². The first-order chi connectivity index (χ1) is 10.6. The van der Waals surface area contributed by atoms with E-state index in [1.54, 1.807) is 42.6 Å². The SMILES string of the molecule is O=c1c(CO)c(Nc2cc(Cl)cc(Cl)c2)nc2ccccn12. The second kappa shape index (κ2) is 5.96.